The smallest absolute Gasteiger partial charge is 0.412 e. The van der Waals surface area contributed by atoms with Gasteiger partial charge in [0.2, 0.25) is 5.95 Å². The lowest BCUT2D eigenvalue weighted by Crippen LogP contribution is -2.39. The second kappa shape index (κ2) is 11.1. The highest BCUT2D eigenvalue weighted by Gasteiger charge is 2.18. The number of H-pyrrole nitrogens is 1. The molecule has 3 heterocycles. The first-order valence-corrected chi connectivity index (χ1v) is 13.2. The zero-order valence-corrected chi connectivity index (χ0v) is 22.5. The van der Waals surface area contributed by atoms with E-state index in [-0.39, 0.29) is 11.8 Å². The molecule has 1 amide bonds. The molecule has 0 spiro atoms. The number of ether oxygens (including phenoxy) is 1. The maximum Gasteiger partial charge on any atom is 0.412 e. The summed E-state index contributed by atoms with van der Waals surface area (Å²) >= 11 is 12.6. The minimum absolute atomic E-state index is 0.222. The minimum atomic E-state index is -0.509. The van der Waals surface area contributed by atoms with Crippen LogP contribution in [0.4, 0.5) is 16.4 Å². The topological polar surface area (TPSA) is 113 Å². The van der Waals surface area contributed by atoms with Crippen molar-refractivity contribution in [2.24, 2.45) is 7.05 Å². The number of hydrogen-bond acceptors (Lipinski definition) is 6. The molecule has 1 aliphatic rings. The number of benzene rings is 2. The number of aryl methyl sites for hydroxylation is 2. The SMILES string of the molecule is Cc1c(CC=CNC(=O)OC2CCCCN2)[nH]c(=O)c2c1ccc1nc(Nc3c(Cl)cccc3Cl)n(C)c12. The number of fused-ring (bicyclic) bond motifs is 3. The number of aromatic nitrogens is 3. The second-order valence-corrected chi connectivity index (χ2v) is 10.0. The number of carbonyl (C=O) groups excluding carboxylic acids is 1. The van der Waals surface area contributed by atoms with Crippen LogP contribution in [0.15, 0.2) is 47.4 Å². The van der Waals surface area contributed by atoms with Gasteiger partial charge in [0, 0.05) is 25.4 Å². The Labute approximate surface area is 229 Å². The number of halogens is 2. The molecule has 1 unspecified atom stereocenters. The second-order valence-electron chi connectivity index (χ2n) is 9.22. The molecule has 4 aromatic rings. The Morgan fingerprint density at radius 2 is 2.03 bits per heavy atom. The Bertz CT molecular complexity index is 1580. The van der Waals surface area contributed by atoms with E-state index >= 15 is 0 Å². The van der Waals surface area contributed by atoms with Gasteiger partial charge in [-0.2, -0.15) is 0 Å². The summed E-state index contributed by atoms with van der Waals surface area (Å²) in [6.45, 7) is 2.81. The molecule has 5 rings (SSSR count). The van der Waals surface area contributed by atoms with Crippen LogP contribution in [0.25, 0.3) is 21.8 Å². The summed E-state index contributed by atoms with van der Waals surface area (Å²) in [5.41, 5.74) is 3.38. The van der Waals surface area contributed by atoms with Crippen molar-refractivity contribution in [2.45, 2.75) is 38.8 Å². The average molecular weight is 555 g/mol. The Kier molecular flexibility index (Phi) is 7.60. The Balaban J connectivity index is 1.38. The molecule has 38 heavy (non-hydrogen) atoms. The van der Waals surface area contributed by atoms with E-state index in [1.54, 1.807) is 24.3 Å². The van der Waals surface area contributed by atoms with E-state index in [2.05, 4.69) is 25.9 Å². The van der Waals surface area contributed by atoms with E-state index in [1.165, 1.54) is 6.20 Å². The van der Waals surface area contributed by atoms with Crippen LogP contribution in [0.5, 0.6) is 0 Å². The van der Waals surface area contributed by atoms with Gasteiger partial charge in [-0.05, 0) is 61.9 Å². The molecule has 0 aliphatic carbocycles. The van der Waals surface area contributed by atoms with Crippen molar-refractivity contribution in [1.82, 2.24) is 25.2 Å². The summed E-state index contributed by atoms with van der Waals surface area (Å²) < 4.78 is 7.17. The van der Waals surface area contributed by atoms with Crippen LogP contribution in [-0.4, -0.2) is 33.4 Å². The predicted octanol–water partition coefficient (Wildman–Crippen LogP) is 5.66. The van der Waals surface area contributed by atoms with Crippen LogP contribution >= 0.6 is 23.2 Å². The third kappa shape index (κ3) is 5.22. The fraction of sp³-hybridized carbons (Fsp3) is 0.296. The van der Waals surface area contributed by atoms with Gasteiger partial charge in [-0.1, -0.05) is 41.4 Å². The zero-order valence-electron chi connectivity index (χ0n) is 21.0. The van der Waals surface area contributed by atoms with Crippen molar-refractivity contribution >= 4 is 62.7 Å². The average Bonchev–Trinajstić information content (AvgIpc) is 3.22. The highest BCUT2D eigenvalue weighted by Crippen LogP contribution is 2.34. The van der Waals surface area contributed by atoms with Crippen molar-refractivity contribution in [3.8, 4) is 0 Å². The van der Waals surface area contributed by atoms with Crippen LogP contribution in [0.2, 0.25) is 10.0 Å². The summed E-state index contributed by atoms with van der Waals surface area (Å²) in [6.07, 6.45) is 5.92. The summed E-state index contributed by atoms with van der Waals surface area (Å²) in [7, 11) is 1.83. The third-order valence-electron chi connectivity index (χ3n) is 6.74. The van der Waals surface area contributed by atoms with Crippen LogP contribution in [0.3, 0.4) is 0 Å². The van der Waals surface area contributed by atoms with Gasteiger partial charge in [-0.3, -0.25) is 15.4 Å². The number of hydrogen-bond donors (Lipinski definition) is 4. The quantitative estimate of drug-likeness (QED) is 0.245. The number of anilines is 2. The van der Waals surface area contributed by atoms with E-state index in [0.29, 0.717) is 44.5 Å². The maximum atomic E-state index is 13.3. The van der Waals surface area contributed by atoms with Crippen molar-refractivity contribution < 1.29 is 9.53 Å². The first-order valence-electron chi connectivity index (χ1n) is 12.4. The minimum Gasteiger partial charge on any atom is -0.430 e. The molecule has 2 aromatic heterocycles. The zero-order chi connectivity index (χ0) is 26.8. The Morgan fingerprint density at radius 3 is 2.76 bits per heavy atom. The number of nitrogens with one attached hydrogen (secondary N) is 4. The van der Waals surface area contributed by atoms with E-state index < -0.39 is 6.09 Å². The number of rotatable bonds is 6. The summed E-state index contributed by atoms with van der Waals surface area (Å²) in [5.74, 6) is 0.507. The number of amides is 1. The van der Waals surface area contributed by atoms with Crippen molar-refractivity contribution in [3.05, 3.63) is 74.3 Å². The highest BCUT2D eigenvalue weighted by atomic mass is 35.5. The number of pyridine rings is 1. The molecular formula is C27H28Cl2N6O3. The lowest BCUT2D eigenvalue weighted by Gasteiger charge is -2.22. The van der Waals surface area contributed by atoms with Crippen molar-refractivity contribution in [3.63, 3.8) is 0 Å². The molecular weight excluding hydrogens is 527 g/mol. The van der Waals surface area contributed by atoms with Gasteiger partial charge in [0.15, 0.2) is 6.23 Å². The first-order chi connectivity index (χ1) is 18.3. The monoisotopic (exact) mass is 554 g/mol. The molecule has 1 saturated heterocycles. The molecule has 1 atom stereocenters. The van der Waals surface area contributed by atoms with E-state index in [9.17, 15) is 9.59 Å². The third-order valence-corrected chi connectivity index (χ3v) is 7.37. The van der Waals surface area contributed by atoms with Crippen LogP contribution in [-0.2, 0) is 18.2 Å². The molecule has 1 fully saturated rings. The van der Waals surface area contributed by atoms with E-state index in [1.807, 2.05) is 30.7 Å². The van der Waals surface area contributed by atoms with Gasteiger partial charge in [0.05, 0.1) is 32.2 Å². The molecule has 2 aromatic carbocycles. The molecule has 0 bridgehead atoms. The molecule has 0 radical (unpaired) electrons. The number of piperidine rings is 1. The number of alkyl carbamates (subject to hydrolysis) is 1. The van der Waals surface area contributed by atoms with E-state index in [4.69, 9.17) is 27.9 Å². The van der Waals surface area contributed by atoms with Gasteiger partial charge < -0.3 is 19.6 Å². The largest absolute Gasteiger partial charge is 0.430 e. The van der Waals surface area contributed by atoms with Gasteiger partial charge in [0.25, 0.3) is 5.56 Å². The van der Waals surface area contributed by atoms with Crippen LogP contribution in [0, 0.1) is 6.92 Å². The molecule has 0 saturated carbocycles. The Morgan fingerprint density at radius 1 is 1.24 bits per heavy atom. The van der Waals surface area contributed by atoms with Gasteiger partial charge in [-0.15, -0.1) is 0 Å². The van der Waals surface area contributed by atoms with Crippen LogP contribution in [0.1, 0.15) is 30.5 Å². The fourth-order valence-electron chi connectivity index (χ4n) is 4.74. The van der Waals surface area contributed by atoms with Gasteiger partial charge >= 0.3 is 6.09 Å². The Hall–Kier alpha value is -3.53. The van der Waals surface area contributed by atoms with Gasteiger partial charge in [-0.25, -0.2) is 9.78 Å². The summed E-state index contributed by atoms with van der Waals surface area (Å²) in [6, 6.07) is 9.04. The summed E-state index contributed by atoms with van der Waals surface area (Å²) in [5, 5.41) is 11.3. The number of nitrogens with zero attached hydrogens (tertiary/aromatic N) is 2. The molecule has 1 aliphatic heterocycles. The molecule has 198 valence electrons. The summed E-state index contributed by atoms with van der Waals surface area (Å²) in [4.78, 5) is 33.0. The van der Waals surface area contributed by atoms with Crippen LogP contribution < -0.4 is 21.5 Å². The molecule has 9 nitrogen and oxygen atoms in total. The standard InChI is InChI=1S/C27H28Cl2N6O3/c1-15-16-11-12-20-24(35(2)26(33-20)34-23-17(28)7-5-8-18(23)29)22(16)25(36)32-19(15)9-6-14-31-27(37)38-21-10-3-4-13-30-21/h5-8,11-12,14,21,30H,3-4,9-10,13H2,1-2H3,(H,31,37)(H,32,36)(H,33,34). The maximum absolute atomic E-state index is 13.3. The lowest BCUT2D eigenvalue weighted by atomic mass is 10.0. The normalized spacial score (nSPS) is 15.8. The number of imidazole rings is 1. The molecule has 11 heteroatoms. The highest BCUT2D eigenvalue weighted by molar-refractivity contribution is 6.39. The fourth-order valence-corrected chi connectivity index (χ4v) is 5.23. The number of allylic oxidation sites excluding steroid dienone is 1. The first kappa shape index (κ1) is 26.1. The predicted molar refractivity (Wildman–Crippen MR) is 151 cm³/mol. The van der Waals surface area contributed by atoms with Crippen molar-refractivity contribution in [2.75, 3.05) is 11.9 Å². The molecule has 4 N–H and O–H groups in total. The van der Waals surface area contributed by atoms with Crippen molar-refractivity contribution in [1.29, 1.82) is 0 Å². The lowest BCUT2D eigenvalue weighted by molar-refractivity contribution is 0.0637. The van der Waals surface area contributed by atoms with E-state index in [0.717, 1.165) is 42.5 Å². The number of para-hydroxylation sites is 1. The number of aromatic amines is 1. The number of carbonyl (C=O) groups is 1. The van der Waals surface area contributed by atoms with Gasteiger partial charge in [0.1, 0.15) is 0 Å².